The van der Waals surface area contributed by atoms with E-state index in [1.54, 1.807) is 0 Å². The van der Waals surface area contributed by atoms with Crippen LogP contribution in [0.4, 0.5) is 34.1 Å². The van der Waals surface area contributed by atoms with E-state index in [1.807, 2.05) is 11.3 Å². The molecule has 1 heterocycles. The van der Waals surface area contributed by atoms with E-state index >= 15 is 0 Å². The van der Waals surface area contributed by atoms with Crippen LogP contribution in [0.25, 0.3) is 31.3 Å². The number of thiophene rings is 1. The van der Waals surface area contributed by atoms with Crippen molar-refractivity contribution in [3.8, 4) is 11.1 Å². The fourth-order valence-electron chi connectivity index (χ4n) is 8.26. The minimum Gasteiger partial charge on any atom is -0.310 e. The molecule has 0 radical (unpaired) electrons. The van der Waals surface area contributed by atoms with E-state index in [1.165, 1.54) is 66.6 Å². The molecule has 0 unspecified atom stereocenters. The van der Waals surface area contributed by atoms with Crippen molar-refractivity contribution in [1.29, 1.82) is 0 Å². The van der Waals surface area contributed by atoms with Gasteiger partial charge in [0, 0.05) is 43.9 Å². The first kappa shape index (κ1) is 33.2. The van der Waals surface area contributed by atoms with Gasteiger partial charge in [-0.2, -0.15) is 0 Å². The lowest BCUT2D eigenvalue weighted by Crippen LogP contribution is -2.34. The van der Waals surface area contributed by atoms with Crippen LogP contribution in [-0.2, 0) is 10.8 Å². The standard InChI is InChI=1S/C50H44N2S/c1-49(2)32-33-50(3,4)45-34-41(30-31-44(45)49)51(37-14-7-5-8-15-37)39-26-22-35(23-27-39)36-24-28-40(29-25-36)52(38-16-9-6-10-17-38)46-20-13-19-43-42-18-11-12-21-47(42)53-48(43)46/h5-31,34H,32-33H2,1-4H3. The number of para-hydroxylation sites is 2. The third-order valence-corrected chi connectivity index (χ3v) is 12.5. The summed E-state index contributed by atoms with van der Waals surface area (Å²) in [5, 5.41) is 2.61. The Balaban J connectivity index is 1.07. The molecule has 0 amide bonds. The highest BCUT2D eigenvalue weighted by molar-refractivity contribution is 7.26. The van der Waals surface area contributed by atoms with Gasteiger partial charge in [0.25, 0.3) is 0 Å². The van der Waals surface area contributed by atoms with Crippen LogP contribution in [-0.4, -0.2) is 0 Å². The summed E-state index contributed by atoms with van der Waals surface area (Å²) in [5.41, 5.74) is 12.6. The SMILES string of the molecule is CC1(C)CCC(C)(C)c2cc(N(c3ccccc3)c3ccc(-c4ccc(N(c5ccccc5)c5cccc6c5sc5ccccc56)cc4)cc3)ccc21. The second-order valence-electron chi connectivity index (χ2n) is 15.7. The molecule has 0 saturated heterocycles. The van der Waals surface area contributed by atoms with Crippen LogP contribution in [0.3, 0.4) is 0 Å². The zero-order chi connectivity index (χ0) is 36.2. The van der Waals surface area contributed by atoms with Crippen molar-refractivity contribution in [2.24, 2.45) is 0 Å². The molecule has 1 aliphatic rings. The molecule has 1 aromatic heterocycles. The number of hydrogen-bond acceptors (Lipinski definition) is 3. The van der Waals surface area contributed by atoms with E-state index in [2.05, 4.69) is 207 Å². The monoisotopic (exact) mass is 704 g/mol. The Hall–Kier alpha value is -5.64. The van der Waals surface area contributed by atoms with Gasteiger partial charge in [-0.25, -0.2) is 0 Å². The van der Waals surface area contributed by atoms with Crippen molar-refractivity contribution in [2.75, 3.05) is 9.80 Å². The van der Waals surface area contributed by atoms with Gasteiger partial charge in [0.15, 0.2) is 0 Å². The highest BCUT2D eigenvalue weighted by Crippen LogP contribution is 2.49. The quantitative estimate of drug-likeness (QED) is 0.163. The zero-order valence-electron chi connectivity index (χ0n) is 30.9. The number of nitrogens with zero attached hydrogens (tertiary/aromatic N) is 2. The highest BCUT2D eigenvalue weighted by atomic mass is 32.1. The van der Waals surface area contributed by atoms with Crippen molar-refractivity contribution < 1.29 is 0 Å². The lowest BCUT2D eigenvalue weighted by molar-refractivity contribution is 0.332. The first-order valence-electron chi connectivity index (χ1n) is 18.7. The maximum Gasteiger partial charge on any atom is 0.0640 e. The van der Waals surface area contributed by atoms with Gasteiger partial charge in [-0.15, -0.1) is 11.3 Å². The van der Waals surface area contributed by atoms with Crippen molar-refractivity contribution in [2.45, 2.75) is 51.4 Å². The van der Waals surface area contributed by atoms with Gasteiger partial charge in [0.05, 0.1) is 10.4 Å². The van der Waals surface area contributed by atoms with Crippen LogP contribution in [0.2, 0.25) is 0 Å². The Morgan fingerprint density at radius 3 is 1.55 bits per heavy atom. The van der Waals surface area contributed by atoms with Crippen molar-refractivity contribution in [1.82, 2.24) is 0 Å². The molecule has 0 fully saturated rings. The van der Waals surface area contributed by atoms with Gasteiger partial charge in [-0.05, 0) is 119 Å². The van der Waals surface area contributed by atoms with Crippen molar-refractivity contribution in [3.63, 3.8) is 0 Å². The predicted molar refractivity (Wildman–Crippen MR) is 229 cm³/mol. The van der Waals surface area contributed by atoms with Gasteiger partial charge in [0.1, 0.15) is 0 Å². The summed E-state index contributed by atoms with van der Waals surface area (Å²) in [6, 6.07) is 62.1. The molecule has 7 aromatic carbocycles. The molecule has 1 aliphatic carbocycles. The van der Waals surface area contributed by atoms with Crippen LogP contribution in [0.5, 0.6) is 0 Å². The van der Waals surface area contributed by atoms with E-state index in [9.17, 15) is 0 Å². The van der Waals surface area contributed by atoms with Crippen LogP contribution in [0.1, 0.15) is 51.7 Å². The van der Waals surface area contributed by atoms with E-state index in [-0.39, 0.29) is 10.8 Å². The molecule has 0 atom stereocenters. The number of anilines is 6. The average molecular weight is 705 g/mol. The van der Waals surface area contributed by atoms with Crippen molar-refractivity contribution >= 4 is 65.6 Å². The first-order valence-corrected chi connectivity index (χ1v) is 19.5. The second-order valence-corrected chi connectivity index (χ2v) is 16.7. The maximum atomic E-state index is 2.45. The third-order valence-electron chi connectivity index (χ3n) is 11.3. The Kier molecular flexibility index (Phi) is 8.20. The van der Waals surface area contributed by atoms with Gasteiger partial charge in [-0.3, -0.25) is 0 Å². The van der Waals surface area contributed by atoms with Crippen LogP contribution in [0, 0.1) is 0 Å². The topological polar surface area (TPSA) is 6.48 Å². The molecule has 53 heavy (non-hydrogen) atoms. The second kappa shape index (κ2) is 13.1. The molecule has 8 aromatic rings. The van der Waals surface area contributed by atoms with Gasteiger partial charge >= 0.3 is 0 Å². The third kappa shape index (κ3) is 5.99. The van der Waals surface area contributed by atoms with Crippen LogP contribution >= 0.6 is 11.3 Å². The molecule has 2 nitrogen and oxygen atoms in total. The molecule has 0 bridgehead atoms. The molecular formula is C50H44N2S. The summed E-state index contributed by atoms with van der Waals surface area (Å²) in [4.78, 5) is 4.79. The molecule has 0 saturated carbocycles. The molecular weight excluding hydrogens is 661 g/mol. The highest BCUT2D eigenvalue weighted by Gasteiger charge is 2.37. The van der Waals surface area contributed by atoms with E-state index in [4.69, 9.17) is 0 Å². The smallest absolute Gasteiger partial charge is 0.0640 e. The Morgan fingerprint density at radius 1 is 0.415 bits per heavy atom. The van der Waals surface area contributed by atoms with Gasteiger partial charge in [-0.1, -0.05) is 125 Å². The summed E-state index contributed by atoms with van der Waals surface area (Å²) < 4.78 is 2.61. The van der Waals surface area contributed by atoms with Crippen molar-refractivity contribution in [3.05, 3.63) is 181 Å². The Morgan fingerprint density at radius 2 is 0.906 bits per heavy atom. The van der Waals surface area contributed by atoms with Crippen LogP contribution in [0.15, 0.2) is 170 Å². The minimum atomic E-state index is 0.139. The number of benzene rings is 7. The minimum absolute atomic E-state index is 0.139. The van der Waals surface area contributed by atoms with Gasteiger partial charge < -0.3 is 9.80 Å². The molecule has 0 spiro atoms. The summed E-state index contributed by atoms with van der Waals surface area (Å²) in [6.07, 6.45) is 2.41. The summed E-state index contributed by atoms with van der Waals surface area (Å²) >= 11 is 1.87. The molecule has 0 N–H and O–H groups in total. The molecule has 0 aliphatic heterocycles. The lowest BCUT2D eigenvalue weighted by Gasteiger charge is -2.42. The molecule has 9 rings (SSSR count). The Labute approximate surface area is 317 Å². The predicted octanol–water partition coefficient (Wildman–Crippen LogP) is 15.0. The number of fused-ring (bicyclic) bond motifs is 4. The summed E-state index contributed by atoms with van der Waals surface area (Å²) in [6.45, 7) is 9.60. The normalized spacial score (nSPS) is 14.6. The summed E-state index contributed by atoms with van der Waals surface area (Å²) in [5.74, 6) is 0. The van der Waals surface area contributed by atoms with E-state index in [0.717, 1.165) is 22.7 Å². The zero-order valence-corrected chi connectivity index (χ0v) is 31.7. The maximum absolute atomic E-state index is 2.45. The van der Waals surface area contributed by atoms with Crippen LogP contribution < -0.4 is 9.80 Å². The molecule has 3 heteroatoms. The fourth-order valence-corrected chi connectivity index (χ4v) is 9.46. The first-order chi connectivity index (χ1) is 25.8. The Bertz CT molecular complexity index is 2550. The van der Waals surface area contributed by atoms with E-state index < -0.39 is 0 Å². The number of hydrogen-bond donors (Lipinski definition) is 0. The van der Waals surface area contributed by atoms with E-state index in [0.29, 0.717) is 0 Å². The molecule has 260 valence electrons. The largest absolute Gasteiger partial charge is 0.310 e. The average Bonchev–Trinajstić information content (AvgIpc) is 3.58. The fraction of sp³-hybridized carbons (Fsp3) is 0.160. The number of rotatable bonds is 7. The summed E-state index contributed by atoms with van der Waals surface area (Å²) in [7, 11) is 0. The van der Waals surface area contributed by atoms with Gasteiger partial charge in [0.2, 0.25) is 0 Å². The lowest BCUT2D eigenvalue weighted by atomic mass is 9.63.